The third kappa shape index (κ3) is 5.12. The third-order valence-corrected chi connectivity index (χ3v) is 5.87. The first-order valence-corrected chi connectivity index (χ1v) is 10.4. The van der Waals surface area contributed by atoms with E-state index in [1.165, 1.54) is 24.3 Å². The molecule has 1 amide bonds. The number of sulfonamides is 1. The summed E-state index contributed by atoms with van der Waals surface area (Å²) in [7, 11) is -3.63. The summed E-state index contributed by atoms with van der Waals surface area (Å²) in [6.07, 6.45) is 3.41. The molecule has 2 unspecified atom stereocenters. The van der Waals surface area contributed by atoms with Crippen LogP contribution in [-0.4, -0.2) is 38.6 Å². The van der Waals surface area contributed by atoms with E-state index < -0.39 is 10.0 Å². The number of pyridine rings is 1. The Balaban J connectivity index is 1.61. The summed E-state index contributed by atoms with van der Waals surface area (Å²) < 4.78 is 32.7. The van der Waals surface area contributed by atoms with Gasteiger partial charge in [0.1, 0.15) is 0 Å². The molecule has 1 aromatic carbocycles. The molecule has 1 aromatic heterocycles. The molecule has 8 heteroatoms. The fourth-order valence-electron chi connectivity index (χ4n) is 2.86. The smallest absolute Gasteiger partial charge is 0.251 e. The van der Waals surface area contributed by atoms with Gasteiger partial charge in [-0.25, -0.2) is 13.1 Å². The first kappa shape index (κ1) is 19.5. The Morgan fingerprint density at radius 1 is 1.26 bits per heavy atom. The van der Waals surface area contributed by atoms with Gasteiger partial charge in [-0.2, -0.15) is 0 Å². The molecule has 2 atom stereocenters. The molecular formula is C19H23N3O4S. The molecule has 0 saturated carbocycles. The van der Waals surface area contributed by atoms with Crippen molar-refractivity contribution >= 4 is 15.9 Å². The second-order valence-electron chi connectivity index (χ2n) is 6.46. The molecule has 7 nitrogen and oxygen atoms in total. The Kier molecular flexibility index (Phi) is 6.20. The predicted octanol–water partition coefficient (Wildman–Crippen LogP) is 2.03. The second-order valence-corrected chi connectivity index (χ2v) is 8.23. The van der Waals surface area contributed by atoms with Crippen molar-refractivity contribution in [1.29, 1.82) is 0 Å². The summed E-state index contributed by atoms with van der Waals surface area (Å²) in [5.74, 6) is -0.288. The zero-order chi connectivity index (χ0) is 19.3. The van der Waals surface area contributed by atoms with Crippen LogP contribution in [-0.2, 0) is 14.8 Å². The normalized spacial score (nSPS) is 18.2. The van der Waals surface area contributed by atoms with Crippen LogP contribution in [0.25, 0.3) is 0 Å². The van der Waals surface area contributed by atoms with Crippen molar-refractivity contribution in [2.75, 3.05) is 13.2 Å². The first-order valence-electron chi connectivity index (χ1n) is 8.89. The molecule has 0 bridgehead atoms. The van der Waals surface area contributed by atoms with Gasteiger partial charge in [0.15, 0.2) is 0 Å². The van der Waals surface area contributed by atoms with Gasteiger partial charge < -0.3 is 10.1 Å². The highest BCUT2D eigenvalue weighted by molar-refractivity contribution is 7.89. The van der Waals surface area contributed by atoms with Gasteiger partial charge in [0.05, 0.1) is 22.7 Å². The number of carbonyl (C=O) groups is 1. The fourth-order valence-corrected chi connectivity index (χ4v) is 3.93. The lowest BCUT2D eigenvalue weighted by atomic mass is 10.1. The molecule has 2 N–H and O–H groups in total. The van der Waals surface area contributed by atoms with Gasteiger partial charge in [0.25, 0.3) is 5.91 Å². The average Bonchev–Trinajstić information content (AvgIpc) is 3.21. The Labute approximate surface area is 159 Å². The molecule has 1 aliphatic rings. The van der Waals surface area contributed by atoms with Gasteiger partial charge >= 0.3 is 0 Å². The van der Waals surface area contributed by atoms with Crippen molar-refractivity contribution in [3.05, 3.63) is 59.9 Å². The van der Waals surface area contributed by atoms with Gasteiger partial charge in [0, 0.05) is 24.9 Å². The minimum absolute atomic E-state index is 0.0714. The number of aromatic nitrogens is 1. The number of benzene rings is 1. The second kappa shape index (κ2) is 8.60. The van der Waals surface area contributed by atoms with Gasteiger partial charge in [-0.15, -0.1) is 0 Å². The molecule has 2 heterocycles. The average molecular weight is 389 g/mol. The van der Waals surface area contributed by atoms with Crippen LogP contribution >= 0.6 is 0 Å². The zero-order valence-electron chi connectivity index (χ0n) is 15.1. The van der Waals surface area contributed by atoms with Crippen LogP contribution in [0.5, 0.6) is 0 Å². The number of hydrogen-bond acceptors (Lipinski definition) is 5. The molecular weight excluding hydrogens is 366 g/mol. The monoisotopic (exact) mass is 389 g/mol. The fraction of sp³-hybridized carbons (Fsp3) is 0.368. The largest absolute Gasteiger partial charge is 0.377 e. The minimum atomic E-state index is -3.63. The van der Waals surface area contributed by atoms with E-state index in [1.54, 1.807) is 6.20 Å². The first-order chi connectivity index (χ1) is 13.0. The number of amides is 1. The molecule has 1 aliphatic heterocycles. The van der Waals surface area contributed by atoms with Crippen LogP contribution in [0, 0.1) is 0 Å². The topological polar surface area (TPSA) is 97.4 Å². The molecule has 1 fully saturated rings. The van der Waals surface area contributed by atoms with Crippen LogP contribution in [0.1, 0.15) is 41.9 Å². The quantitative estimate of drug-likeness (QED) is 0.755. The lowest BCUT2D eigenvalue weighted by Crippen LogP contribution is -2.32. The number of carbonyl (C=O) groups excluding carboxylic acids is 1. The Hall–Kier alpha value is -2.29. The summed E-state index contributed by atoms with van der Waals surface area (Å²) in [5.41, 5.74) is 1.14. The van der Waals surface area contributed by atoms with E-state index in [-0.39, 0.29) is 29.5 Å². The van der Waals surface area contributed by atoms with E-state index in [4.69, 9.17) is 4.74 Å². The van der Waals surface area contributed by atoms with E-state index in [0.717, 1.165) is 18.5 Å². The van der Waals surface area contributed by atoms with Crippen LogP contribution in [0.3, 0.4) is 0 Å². The van der Waals surface area contributed by atoms with Crippen LogP contribution in [0.15, 0.2) is 53.6 Å². The molecule has 2 aromatic rings. The minimum Gasteiger partial charge on any atom is -0.377 e. The van der Waals surface area contributed by atoms with Crippen molar-refractivity contribution in [2.24, 2.45) is 0 Å². The molecule has 144 valence electrons. The molecule has 1 saturated heterocycles. The summed E-state index contributed by atoms with van der Waals surface area (Å²) in [6, 6.07) is 11.1. The number of rotatable bonds is 7. The number of hydrogen-bond donors (Lipinski definition) is 2. The summed E-state index contributed by atoms with van der Waals surface area (Å²) in [4.78, 5) is 16.7. The molecule has 27 heavy (non-hydrogen) atoms. The molecule has 0 radical (unpaired) electrons. The van der Waals surface area contributed by atoms with E-state index >= 15 is 0 Å². The van der Waals surface area contributed by atoms with E-state index in [2.05, 4.69) is 15.0 Å². The lowest BCUT2D eigenvalue weighted by Gasteiger charge is -2.14. The van der Waals surface area contributed by atoms with Crippen molar-refractivity contribution < 1.29 is 17.9 Å². The Morgan fingerprint density at radius 3 is 2.67 bits per heavy atom. The zero-order valence-corrected chi connectivity index (χ0v) is 15.9. The van der Waals surface area contributed by atoms with Crippen molar-refractivity contribution in [2.45, 2.75) is 36.8 Å². The molecule has 0 spiro atoms. The highest BCUT2D eigenvalue weighted by Crippen LogP contribution is 2.15. The molecule has 3 rings (SSSR count). The third-order valence-electron chi connectivity index (χ3n) is 4.43. The van der Waals surface area contributed by atoms with Gasteiger partial charge in [-0.3, -0.25) is 9.78 Å². The van der Waals surface area contributed by atoms with Crippen LogP contribution < -0.4 is 10.0 Å². The van der Waals surface area contributed by atoms with E-state index in [1.807, 2.05) is 25.1 Å². The maximum absolute atomic E-state index is 12.4. The summed E-state index contributed by atoms with van der Waals surface area (Å²) in [6.45, 7) is 2.77. The van der Waals surface area contributed by atoms with Crippen molar-refractivity contribution in [1.82, 2.24) is 15.0 Å². The van der Waals surface area contributed by atoms with Gasteiger partial charge in [-0.1, -0.05) is 6.07 Å². The highest BCUT2D eigenvalue weighted by Gasteiger charge is 2.20. The number of ether oxygens (including phenoxy) is 1. The lowest BCUT2D eigenvalue weighted by molar-refractivity contribution is 0.0939. The standard InChI is InChI=1S/C19H23N3O4S/c1-14(18-6-2-3-11-20-18)22-19(23)15-7-9-17(10-8-15)27(24,25)21-13-16-5-4-12-26-16/h2-3,6-11,14,16,21H,4-5,12-13H2,1H3,(H,22,23). The summed E-state index contributed by atoms with van der Waals surface area (Å²) >= 11 is 0. The SMILES string of the molecule is CC(NC(=O)c1ccc(S(=O)(=O)NCC2CCCO2)cc1)c1ccccn1. The van der Waals surface area contributed by atoms with E-state index in [9.17, 15) is 13.2 Å². The summed E-state index contributed by atoms with van der Waals surface area (Å²) in [5, 5.41) is 2.85. The predicted molar refractivity (Wildman–Crippen MR) is 101 cm³/mol. The highest BCUT2D eigenvalue weighted by atomic mass is 32.2. The van der Waals surface area contributed by atoms with E-state index in [0.29, 0.717) is 12.2 Å². The van der Waals surface area contributed by atoms with Gasteiger partial charge in [-0.05, 0) is 56.2 Å². The Bertz CT molecular complexity index is 864. The Morgan fingerprint density at radius 2 is 2.04 bits per heavy atom. The maximum atomic E-state index is 12.4. The number of nitrogens with one attached hydrogen (secondary N) is 2. The van der Waals surface area contributed by atoms with Gasteiger partial charge in [0.2, 0.25) is 10.0 Å². The molecule has 0 aliphatic carbocycles. The number of nitrogens with zero attached hydrogens (tertiary/aromatic N) is 1. The maximum Gasteiger partial charge on any atom is 0.251 e. The van der Waals surface area contributed by atoms with Crippen molar-refractivity contribution in [3.8, 4) is 0 Å². The van der Waals surface area contributed by atoms with Crippen LogP contribution in [0.2, 0.25) is 0 Å². The van der Waals surface area contributed by atoms with Crippen molar-refractivity contribution in [3.63, 3.8) is 0 Å². The van der Waals surface area contributed by atoms with Crippen LogP contribution in [0.4, 0.5) is 0 Å².